The summed E-state index contributed by atoms with van der Waals surface area (Å²) in [5, 5.41) is 4.44. The highest BCUT2D eigenvalue weighted by atomic mass is 16.5. The predicted molar refractivity (Wildman–Crippen MR) is 83.9 cm³/mol. The van der Waals surface area contributed by atoms with E-state index in [2.05, 4.69) is 12.2 Å². The molecule has 0 radical (unpaired) electrons. The fourth-order valence-electron chi connectivity index (χ4n) is 2.39. The van der Waals surface area contributed by atoms with Gasteiger partial charge in [-0.2, -0.15) is 0 Å². The Morgan fingerprint density at radius 2 is 1.95 bits per heavy atom. The second-order valence-electron chi connectivity index (χ2n) is 4.90. The molecule has 108 valence electrons. The maximum Gasteiger partial charge on any atom is 0.200 e. The summed E-state index contributed by atoms with van der Waals surface area (Å²) in [5.41, 5.74) is 2.21. The molecule has 0 aliphatic carbocycles. The van der Waals surface area contributed by atoms with Gasteiger partial charge in [-0.05, 0) is 36.4 Å². The van der Waals surface area contributed by atoms with Crippen LogP contribution in [0.15, 0.2) is 45.6 Å². The van der Waals surface area contributed by atoms with Gasteiger partial charge in [0.15, 0.2) is 0 Å². The van der Waals surface area contributed by atoms with Crippen LogP contribution in [0.1, 0.15) is 12.5 Å². The van der Waals surface area contributed by atoms with Crippen molar-refractivity contribution in [1.82, 2.24) is 5.32 Å². The van der Waals surface area contributed by atoms with Gasteiger partial charge in [0, 0.05) is 12.6 Å². The van der Waals surface area contributed by atoms with Gasteiger partial charge in [0.2, 0.25) is 5.43 Å². The van der Waals surface area contributed by atoms with Gasteiger partial charge in [0.05, 0.1) is 17.9 Å². The molecule has 3 rings (SSSR count). The first kappa shape index (κ1) is 13.6. The van der Waals surface area contributed by atoms with Crippen LogP contribution in [0, 0.1) is 0 Å². The van der Waals surface area contributed by atoms with Crippen molar-refractivity contribution >= 4 is 21.9 Å². The number of hydrogen-bond acceptors (Lipinski definition) is 4. The van der Waals surface area contributed by atoms with E-state index in [4.69, 9.17) is 9.15 Å². The van der Waals surface area contributed by atoms with Gasteiger partial charge < -0.3 is 14.5 Å². The fourth-order valence-corrected chi connectivity index (χ4v) is 2.39. The quantitative estimate of drug-likeness (QED) is 0.748. The van der Waals surface area contributed by atoms with Crippen molar-refractivity contribution in [2.75, 3.05) is 13.7 Å². The summed E-state index contributed by atoms with van der Waals surface area (Å²) < 4.78 is 11.0. The lowest BCUT2D eigenvalue weighted by Crippen LogP contribution is -2.12. The molecule has 1 heterocycles. The van der Waals surface area contributed by atoms with E-state index >= 15 is 0 Å². The maximum atomic E-state index is 12.6. The third-order valence-electron chi connectivity index (χ3n) is 3.52. The molecule has 0 saturated heterocycles. The van der Waals surface area contributed by atoms with E-state index in [1.807, 2.05) is 18.2 Å². The summed E-state index contributed by atoms with van der Waals surface area (Å²) in [4.78, 5) is 12.6. The lowest BCUT2D eigenvalue weighted by atomic mass is 10.1. The molecular formula is C17H17NO3. The van der Waals surface area contributed by atoms with Crippen LogP contribution in [-0.4, -0.2) is 13.7 Å². The Labute approximate surface area is 122 Å². The van der Waals surface area contributed by atoms with E-state index in [1.54, 1.807) is 25.3 Å². The van der Waals surface area contributed by atoms with Gasteiger partial charge in [-0.3, -0.25) is 4.79 Å². The van der Waals surface area contributed by atoms with Gasteiger partial charge in [0.25, 0.3) is 0 Å². The minimum atomic E-state index is -0.00717. The zero-order chi connectivity index (χ0) is 14.8. The van der Waals surface area contributed by atoms with Crippen LogP contribution >= 0.6 is 0 Å². The van der Waals surface area contributed by atoms with Crippen molar-refractivity contribution in [2.45, 2.75) is 13.5 Å². The number of nitrogens with one attached hydrogen (secondary N) is 1. The zero-order valence-electron chi connectivity index (χ0n) is 12.1. The smallest absolute Gasteiger partial charge is 0.200 e. The first-order chi connectivity index (χ1) is 10.2. The third kappa shape index (κ3) is 2.50. The van der Waals surface area contributed by atoms with Crippen molar-refractivity contribution in [1.29, 1.82) is 0 Å². The molecule has 0 aliphatic heterocycles. The Bertz CT molecular complexity index is 852. The first-order valence-corrected chi connectivity index (χ1v) is 6.97. The zero-order valence-corrected chi connectivity index (χ0v) is 12.1. The van der Waals surface area contributed by atoms with Crippen LogP contribution in [0.25, 0.3) is 21.9 Å². The highest BCUT2D eigenvalue weighted by Crippen LogP contribution is 2.23. The molecule has 4 heteroatoms. The number of hydrogen-bond donors (Lipinski definition) is 1. The second-order valence-corrected chi connectivity index (χ2v) is 4.90. The highest BCUT2D eigenvalue weighted by Gasteiger charge is 2.09. The van der Waals surface area contributed by atoms with Gasteiger partial charge in [-0.15, -0.1) is 0 Å². The summed E-state index contributed by atoms with van der Waals surface area (Å²) in [7, 11) is 1.59. The van der Waals surface area contributed by atoms with Crippen molar-refractivity contribution < 1.29 is 9.15 Å². The summed E-state index contributed by atoms with van der Waals surface area (Å²) in [5.74, 6) is 0.675. The van der Waals surface area contributed by atoms with Gasteiger partial charge in [0.1, 0.15) is 16.9 Å². The van der Waals surface area contributed by atoms with Crippen molar-refractivity contribution in [3.63, 3.8) is 0 Å². The molecular weight excluding hydrogens is 266 g/mol. The van der Waals surface area contributed by atoms with Crippen LogP contribution in [-0.2, 0) is 6.54 Å². The molecule has 0 aliphatic rings. The van der Waals surface area contributed by atoms with Crippen LogP contribution in [0.3, 0.4) is 0 Å². The van der Waals surface area contributed by atoms with E-state index in [0.29, 0.717) is 27.7 Å². The van der Waals surface area contributed by atoms with Crippen molar-refractivity contribution in [3.05, 3.63) is 52.2 Å². The molecule has 0 bridgehead atoms. The topological polar surface area (TPSA) is 51.5 Å². The number of benzene rings is 2. The Kier molecular flexibility index (Phi) is 3.62. The summed E-state index contributed by atoms with van der Waals surface area (Å²) >= 11 is 0. The molecule has 0 unspecified atom stereocenters. The molecule has 0 amide bonds. The van der Waals surface area contributed by atoms with Crippen LogP contribution in [0.4, 0.5) is 0 Å². The van der Waals surface area contributed by atoms with E-state index in [9.17, 15) is 4.79 Å². The molecule has 0 spiro atoms. The molecule has 1 N–H and O–H groups in total. The number of methoxy groups -OCH3 is 1. The Morgan fingerprint density at radius 1 is 1.10 bits per heavy atom. The largest absolute Gasteiger partial charge is 0.497 e. The van der Waals surface area contributed by atoms with Gasteiger partial charge in [-0.25, -0.2) is 0 Å². The lowest BCUT2D eigenvalue weighted by Gasteiger charge is -2.06. The predicted octanol–water partition coefficient (Wildman–Crippen LogP) is 3.06. The normalized spacial score (nSPS) is 11.1. The van der Waals surface area contributed by atoms with Crippen molar-refractivity contribution in [2.24, 2.45) is 0 Å². The van der Waals surface area contributed by atoms with Crippen LogP contribution in [0.2, 0.25) is 0 Å². The van der Waals surface area contributed by atoms with E-state index in [1.165, 1.54) is 0 Å². The van der Waals surface area contributed by atoms with E-state index in [-0.39, 0.29) is 5.43 Å². The van der Waals surface area contributed by atoms with E-state index in [0.717, 1.165) is 18.7 Å². The van der Waals surface area contributed by atoms with Gasteiger partial charge in [-0.1, -0.05) is 13.0 Å². The second kappa shape index (κ2) is 5.58. The van der Waals surface area contributed by atoms with Crippen LogP contribution < -0.4 is 15.5 Å². The number of ether oxygens (including phenoxy) is 1. The first-order valence-electron chi connectivity index (χ1n) is 6.97. The highest BCUT2D eigenvalue weighted by molar-refractivity contribution is 5.90. The standard InChI is InChI=1S/C17H17NO3/c1-3-18-10-11-4-7-15-14(8-11)17(19)13-6-5-12(20-2)9-16(13)21-15/h4-9,18H,3,10H2,1-2H3. The van der Waals surface area contributed by atoms with Gasteiger partial charge >= 0.3 is 0 Å². The molecule has 3 aromatic rings. The number of fused-ring (bicyclic) bond motifs is 2. The summed E-state index contributed by atoms with van der Waals surface area (Å²) in [6.45, 7) is 3.69. The molecule has 4 nitrogen and oxygen atoms in total. The molecule has 0 saturated carbocycles. The van der Waals surface area contributed by atoms with Crippen LogP contribution in [0.5, 0.6) is 5.75 Å². The summed E-state index contributed by atoms with van der Waals surface area (Å²) in [6, 6.07) is 11.0. The molecule has 0 atom stereocenters. The minimum Gasteiger partial charge on any atom is -0.497 e. The van der Waals surface area contributed by atoms with Crippen molar-refractivity contribution in [3.8, 4) is 5.75 Å². The molecule has 1 aromatic heterocycles. The molecule has 0 fully saturated rings. The Balaban J connectivity index is 2.21. The fraction of sp³-hybridized carbons (Fsp3) is 0.235. The number of rotatable bonds is 4. The maximum absolute atomic E-state index is 12.6. The lowest BCUT2D eigenvalue weighted by molar-refractivity contribution is 0.414. The van der Waals surface area contributed by atoms with E-state index < -0.39 is 0 Å². The third-order valence-corrected chi connectivity index (χ3v) is 3.52. The Morgan fingerprint density at radius 3 is 2.71 bits per heavy atom. The minimum absolute atomic E-state index is 0.00717. The SMILES string of the molecule is CCNCc1ccc2oc3cc(OC)ccc3c(=O)c2c1. The molecule has 21 heavy (non-hydrogen) atoms. The molecule has 2 aromatic carbocycles. The Hall–Kier alpha value is -2.33. The monoisotopic (exact) mass is 283 g/mol. The average Bonchev–Trinajstić information content (AvgIpc) is 2.53. The average molecular weight is 283 g/mol. The summed E-state index contributed by atoms with van der Waals surface area (Å²) in [6.07, 6.45) is 0.